The highest BCUT2D eigenvalue weighted by atomic mass is 16.3. The second kappa shape index (κ2) is 4.99. The van der Waals surface area contributed by atoms with Crippen molar-refractivity contribution >= 4 is 0 Å². The van der Waals surface area contributed by atoms with Gasteiger partial charge in [0.25, 0.3) is 0 Å². The van der Waals surface area contributed by atoms with Crippen molar-refractivity contribution in [3.63, 3.8) is 0 Å². The first-order valence-electron chi connectivity index (χ1n) is 4.58. The molecule has 4 heteroatoms. The predicted molar refractivity (Wildman–Crippen MR) is 51.2 cm³/mol. The predicted octanol–water partition coefficient (Wildman–Crippen LogP) is 0.0624. The Morgan fingerprint density at radius 1 is 1.62 bits per heavy atom. The van der Waals surface area contributed by atoms with E-state index in [0.29, 0.717) is 13.0 Å². The monoisotopic (exact) mass is 183 g/mol. The molecule has 1 atom stereocenters. The number of aromatic nitrogens is 2. The molecular formula is C9H17N3O. The Bertz CT molecular complexity index is 247. The fourth-order valence-electron chi connectivity index (χ4n) is 1.27. The number of nitrogens with two attached hydrogens (primary N) is 1. The molecule has 0 fully saturated rings. The van der Waals surface area contributed by atoms with Crippen LogP contribution in [0.2, 0.25) is 0 Å². The van der Waals surface area contributed by atoms with E-state index in [0.717, 1.165) is 12.8 Å². The summed E-state index contributed by atoms with van der Waals surface area (Å²) in [6.07, 6.45) is 5.84. The summed E-state index contributed by atoms with van der Waals surface area (Å²) in [6, 6.07) is 0. The van der Waals surface area contributed by atoms with Gasteiger partial charge < -0.3 is 10.8 Å². The summed E-state index contributed by atoms with van der Waals surface area (Å²) in [5.74, 6) is 0. The van der Waals surface area contributed by atoms with Crippen LogP contribution in [-0.4, -0.2) is 27.5 Å². The fourth-order valence-corrected chi connectivity index (χ4v) is 1.27. The van der Waals surface area contributed by atoms with Gasteiger partial charge in [-0.15, -0.1) is 0 Å². The van der Waals surface area contributed by atoms with Crippen LogP contribution < -0.4 is 5.73 Å². The molecule has 3 N–H and O–H groups in total. The topological polar surface area (TPSA) is 64.1 Å². The highest BCUT2D eigenvalue weighted by Gasteiger charge is 2.03. The van der Waals surface area contributed by atoms with Crippen molar-refractivity contribution < 1.29 is 5.11 Å². The minimum atomic E-state index is -0.273. The lowest BCUT2D eigenvalue weighted by Gasteiger charge is -2.06. The van der Waals surface area contributed by atoms with Crippen LogP contribution in [0.3, 0.4) is 0 Å². The van der Waals surface area contributed by atoms with E-state index in [9.17, 15) is 5.11 Å². The summed E-state index contributed by atoms with van der Waals surface area (Å²) in [5, 5.41) is 13.5. The second-order valence-corrected chi connectivity index (χ2v) is 3.29. The van der Waals surface area contributed by atoms with Crippen LogP contribution in [0.5, 0.6) is 0 Å². The van der Waals surface area contributed by atoms with Crippen molar-refractivity contribution in [2.24, 2.45) is 12.8 Å². The van der Waals surface area contributed by atoms with Gasteiger partial charge in [0.2, 0.25) is 0 Å². The Morgan fingerprint density at radius 3 is 2.92 bits per heavy atom. The van der Waals surface area contributed by atoms with Crippen LogP contribution in [0.15, 0.2) is 12.4 Å². The first kappa shape index (κ1) is 10.2. The van der Waals surface area contributed by atoms with Crippen molar-refractivity contribution in [1.29, 1.82) is 0 Å². The summed E-state index contributed by atoms with van der Waals surface area (Å²) < 4.78 is 1.77. The molecule has 0 aliphatic carbocycles. The van der Waals surface area contributed by atoms with Gasteiger partial charge >= 0.3 is 0 Å². The third-order valence-corrected chi connectivity index (χ3v) is 2.02. The van der Waals surface area contributed by atoms with Gasteiger partial charge in [0.1, 0.15) is 0 Å². The molecule has 0 spiro atoms. The van der Waals surface area contributed by atoms with Crippen LogP contribution in [0.25, 0.3) is 0 Å². The van der Waals surface area contributed by atoms with E-state index < -0.39 is 0 Å². The van der Waals surface area contributed by atoms with E-state index >= 15 is 0 Å². The fraction of sp³-hybridized carbons (Fsp3) is 0.667. The van der Waals surface area contributed by atoms with Gasteiger partial charge in [-0.3, -0.25) is 4.68 Å². The molecule has 74 valence electrons. The number of aryl methyl sites for hydroxylation is 2. The van der Waals surface area contributed by atoms with Gasteiger partial charge in [-0.1, -0.05) is 0 Å². The average molecular weight is 183 g/mol. The zero-order valence-corrected chi connectivity index (χ0v) is 7.98. The molecule has 1 aromatic rings. The third-order valence-electron chi connectivity index (χ3n) is 2.02. The first-order valence-corrected chi connectivity index (χ1v) is 4.58. The lowest BCUT2D eigenvalue weighted by molar-refractivity contribution is 0.157. The van der Waals surface area contributed by atoms with Gasteiger partial charge in [0.05, 0.1) is 12.3 Å². The number of rotatable bonds is 5. The molecule has 0 aliphatic heterocycles. The lowest BCUT2D eigenvalue weighted by atomic mass is 10.1. The molecule has 0 bridgehead atoms. The van der Waals surface area contributed by atoms with Gasteiger partial charge in [0.15, 0.2) is 0 Å². The highest BCUT2D eigenvalue weighted by molar-refractivity contribution is 5.03. The molecule has 0 amide bonds. The smallest absolute Gasteiger partial charge is 0.0555 e. The number of nitrogens with zero attached hydrogens (tertiary/aromatic N) is 2. The maximum absolute atomic E-state index is 9.41. The molecule has 1 rings (SSSR count). The average Bonchev–Trinajstić information content (AvgIpc) is 2.49. The van der Waals surface area contributed by atoms with E-state index in [1.165, 1.54) is 5.56 Å². The quantitative estimate of drug-likeness (QED) is 0.678. The molecule has 0 aliphatic rings. The second-order valence-electron chi connectivity index (χ2n) is 3.29. The van der Waals surface area contributed by atoms with Crippen LogP contribution in [0.1, 0.15) is 18.4 Å². The zero-order chi connectivity index (χ0) is 9.68. The Labute approximate surface area is 78.4 Å². The summed E-state index contributed by atoms with van der Waals surface area (Å²) in [4.78, 5) is 0. The van der Waals surface area contributed by atoms with Gasteiger partial charge in [0, 0.05) is 13.2 Å². The molecule has 13 heavy (non-hydrogen) atoms. The molecule has 0 saturated heterocycles. The Hall–Kier alpha value is -0.870. The maximum Gasteiger partial charge on any atom is 0.0555 e. The van der Waals surface area contributed by atoms with E-state index in [2.05, 4.69) is 5.10 Å². The molecule has 4 nitrogen and oxygen atoms in total. The number of hydrogen-bond donors (Lipinski definition) is 2. The molecule has 0 radical (unpaired) electrons. The first-order chi connectivity index (χ1) is 6.22. The van der Waals surface area contributed by atoms with Crippen LogP contribution >= 0.6 is 0 Å². The largest absolute Gasteiger partial charge is 0.393 e. The number of aliphatic hydroxyl groups excluding tert-OH is 1. The maximum atomic E-state index is 9.41. The van der Waals surface area contributed by atoms with Crippen LogP contribution in [-0.2, 0) is 13.5 Å². The van der Waals surface area contributed by atoms with Gasteiger partial charge in [-0.05, 0) is 31.4 Å². The summed E-state index contributed by atoms with van der Waals surface area (Å²) in [7, 11) is 1.89. The molecule has 1 aromatic heterocycles. The Balaban J connectivity index is 2.26. The van der Waals surface area contributed by atoms with E-state index in [1.807, 2.05) is 19.4 Å². The molecule has 1 unspecified atom stereocenters. The van der Waals surface area contributed by atoms with E-state index in [4.69, 9.17) is 5.73 Å². The molecule has 0 aromatic carbocycles. The minimum absolute atomic E-state index is 0.273. The third kappa shape index (κ3) is 3.57. The number of hydrogen-bond acceptors (Lipinski definition) is 3. The molecule has 0 saturated carbocycles. The number of aliphatic hydroxyl groups is 1. The molecule has 1 heterocycles. The van der Waals surface area contributed by atoms with Crippen molar-refractivity contribution in [1.82, 2.24) is 9.78 Å². The lowest BCUT2D eigenvalue weighted by Crippen LogP contribution is -2.13. The van der Waals surface area contributed by atoms with Gasteiger partial charge in [-0.2, -0.15) is 5.10 Å². The summed E-state index contributed by atoms with van der Waals surface area (Å²) in [6.45, 7) is 0.550. The highest BCUT2D eigenvalue weighted by Crippen LogP contribution is 2.05. The minimum Gasteiger partial charge on any atom is -0.393 e. The van der Waals surface area contributed by atoms with Crippen LogP contribution in [0, 0.1) is 0 Å². The van der Waals surface area contributed by atoms with Crippen molar-refractivity contribution in [3.05, 3.63) is 18.0 Å². The Kier molecular flexibility index (Phi) is 3.92. The van der Waals surface area contributed by atoms with Gasteiger partial charge in [-0.25, -0.2) is 0 Å². The SMILES string of the molecule is Cn1cc(CCC(O)CCN)cn1. The standard InChI is InChI=1S/C9H17N3O/c1-12-7-8(6-11-12)2-3-9(13)4-5-10/h6-7,9,13H,2-5,10H2,1H3. The Morgan fingerprint density at radius 2 is 2.38 bits per heavy atom. The van der Waals surface area contributed by atoms with Crippen molar-refractivity contribution in [3.8, 4) is 0 Å². The summed E-state index contributed by atoms with van der Waals surface area (Å²) in [5.41, 5.74) is 6.49. The van der Waals surface area contributed by atoms with E-state index in [-0.39, 0.29) is 6.10 Å². The normalized spacial score (nSPS) is 13.2. The summed E-state index contributed by atoms with van der Waals surface area (Å²) >= 11 is 0. The van der Waals surface area contributed by atoms with Crippen molar-refractivity contribution in [2.45, 2.75) is 25.4 Å². The van der Waals surface area contributed by atoms with Crippen LogP contribution in [0.4, 0.5) is 0 Å². The van der Waals surface area contributed by atoms with Crippen molar-refractivity contribution in [2.75, 3.05) is 6.54 Å². The zero-order valence-electron chi connectivity index (χ0n) is 7.98. The molecular weight excluding hydrogens is 166 g/mol. The van der Waals surface area contributed by atoms with E-state index in [1.54, 1.807) is 4.68 Å².